The molecule has 0 bridgehead atoms. The van der Waals surface area contributed by atoms with Gasteiger partial charge >= 0.3 is 6.09 Å². The summed E-state index contributed by atoms with van der Waals surface area (Å²) < 4.78 is 17.8. The summed E-state index contributed by atoms with van der Waals surface area (Å²) >= 11 is 0. The van der Waals surface area contributed by atoms with Crippen LogP contribution in [0.4, 0.5) is 9.18 Å². The van der Waals surface area contributed by atoms with Gasteiger partial charge in [0.1, 0.15) is 5.82 Å². The van der Waals surface area contributed by atoms with E-state index >= 15 is 0 Å². The van der Waals surface area contributed by atoms with Crippen LogP contribution < -0.4 is 5.32 Å². The Morgan fingerprint density at radius 3 is 2.96 bits per heavy atom. The van der Waals surface area contributed by atoms with Crippen LogP contribution in [0.25, 0.3) is 0 Å². The van der Waals surface area contributed by atoms with E-state index in [1.165, 1.54) is 19.2 Å². The van der Waals surface area contributed by atoms with Gasteiger partial charge in [-0.1, -0.05) is 19.1 Å². The molecule has 0 unspecified atom stereocenters. The summed E-state index contributed by atoms with van der Waals surface area (Å²) in [4.78, 5) is 25.1. The number of hydrogen-bond donors (Lipinski definition) is 1. The Kier molecular flexibility index (Phi) is 5.96. The van der Waals surface area contributed by atoms with Crippen molar-refractivity contribution in [3.63, 3.8) is 0 Å². The molecule has 6 heteroatoms. The molecule has 1 fully saturated rings. The van der Waals surface area contributed by atoms with E-state index in [0.717, 1.165) is 12.0 Å². The fourth-order valence-corrected chi connectivity index (χ4v) is 2.91. The maximum Gasteiger partial charge on any atom is 0.409 e. The molecule has 0 aromatic heterocycles. The summed E-state index contributed by atoms with van der Waals surface area (Å²) in [5.41, 5.74) is 0.892. The topological polar surface area (TPSA) is 58.6 Å². The minimum Gasteiger partial charge on any atom is -0.453 e. The number of carbonyl (C=O) groups excluding carboxylic acids is 2. The van der Waals surface area contributed by atoms with Gasteiger partial charge in [-0.2, -0.15) is 0 Å². The Morgan fingerprint density at radius 1 is 1.48 bits per heavy atom. The van der Waals surface area contributed by atoms with Crippen molar-refractivity contribution in [2.75, 3.05) is 20.2 Å². The molecule has 2 rings (SSSR count). The fraction of sp³-hybridized carbons (Fsp3) is 0.529. The van der Waals surface area contributed by atoms with E-state index < -0.39 is 0 Å². The van der Waals surface area contributed by atoms with Crippen LogP contribution in [0.2, 0.25) is 0 Å². The van der Waals surface area contributed by atoms with Crippen molar-refractivity contribution < 1.29 is 18.7 Å². The smallest absolute Gasteiger partial charge is 0.409 e. The van der Waals surface area contributed by atoms with Crippen molar-refractivity contribution in [3.05, 3.63) is 35.6 Å². The molecule has 1 aromatic rings. The molecule has 23 heavy (non-hydrogen) atoms. The van der Waals surface area contributed by atoms with Crippen LogP contribution in [-0.4, -0.2) is 43.1 Å². The highest BCUT2D eigenvalue weighted by molar-refractivity contribution is 5.76. The minimum absolute atomic E-state index is 0.0250. The first-order chi connectivity index (χ1) is 11.0. The molecule has 2 atom stereocenters. The Labute approximate surface area is 135 Å². The second-order valence-electron chi connectivity index (χ2n) is 6.11. The normalized spacial score (nSPS) is 18.6. The van der Waals surface area contributed by atoms with Gasteiger partial charge in [0.15, 0.2) is 0 Å². The summed E-state index contributed by atoms with van der Waals surface area (Å²) in [7, 11) is 1.35. The quantitative estimate of drug-likeness (QED) is 0.905. The van der Waals surface area contributed by atoms with Gasteiger partial charge in [0.05, 0.1) is 7.11 Å². The predicted octanol–water partition coefficient (Wildman–Crippen LogP) is 2.35. The molecule has 5 nitrogen and oxygen atoms in total. The lowest BCUT2D eigenvalue weighted by Crippen LogP contribution is -2.39. The highest BCUT2D eigenvalue weighted by Crippen LogP contribution is 2.15. The zero-order chi connectivity index (χ0) is 16.8. The van der Waals surface area contributed by atoms with Gasteiger partial charge in [-0.25, -0.2) is 9.18 Å². The van der Waals surface area contributed by atoms with Crippen LogP contribution >= 0.6 is 0 Å². The van der Waals surface area contributed by atoms with Crippen molar-refractivity contribution in [3.8, 4) is 0 Å². The van der Waals surface area contributed by atoms with Gasteiger partial charge in [0, 0.05) is 25.6 Å². The van der Waals surface area contributed by atoms with Gasteiger partial charge < -0.3 is 15.0 Å². The number of amides is 2. The molecule has 2 amide bonds. The third-order valence-electron chi connectivity index (χ3n) is 3.99. The molecule has 1 aliphatic heterocycles. The molecule has 1 aromatic carbocycles. The van der Waals surface area contributed by atoms with Crippen LogP contribution in [0.5, 0.6) is 0 Å². The van der Waals surface area contributed by atoms with E-state index in [4.69, 9.17) is 0 Å². The number of hydrogen-bond acceptors (Lipinski definition) is 3. The van der Waals surface area contributed by atoms with Crippen LogP contribution in [0.1, 0.15) is 25.3 Å². The number of nitrogens with one attached hydrogen (secondary N) is 1. The number of carbonyl (C=O) groups is 2. The zero-order valence-corrected chi connectivity index (χ0v) is 13.5. The van der Waals surface area contributed by atoms with E-state index in [9.17, 15) is 14.0 Å². The summed E-state index contributed by atoms with van der Waals surface area (Å²) in [5, 5.41) is 2.95. The second kappa shape index (κ2) is 7.94. The molecule has 0 spiro atoms. The number of rotatable bonds is 5. The number of nitrogens with zero attached hydrogens (tertiary/aromatic N) is 1. The van der Waals surface area contributed by atoms with E-state index in [2.05, 4.69) is 10.1 Å². The molecular weight excluding hydrogens is 299 g/mol. The van der Waals surface area contributed by atoms with Crippen LogP contribution in [0, 0.1) is 11.7 Å². The van der Waals surface area contributed by atoms with E-state index in [1.54, 1.807) is 11.0 Å². The van der Waals surface area contributed by atoms with Gasteiger partial charge in [-0.3, -0.25) is 4.79 Å². The maximum atomic E-state index is 13.2. The SMILES string of the molecule is COC(=O)N1CC[C@@H](NC(=O)C[C@@H](C)Cc2cccc(F)c2)C1. The average molecular weight is 322 g/mol. The lowest BCUT2D eigenvalue weighted by Gasteiger charge is -2.17. The van der Waals surface area contributed by atoms with Crippen molar-refractivity contribution in [1.29, 1.82) is 0 Å². The lowest BCUT2D eigenvalue weighted by atomic mass is 9.97. The van der Waals surface area contributed by atoms with Crippen LogP contribution in [-0.2, 0) is 16.0 Å². The zero-order valence-electron chi connectivity index (χ0n) is 13.5. The first-order valence-electron chi connectivity index (χ1n) is 7.84. The van der Waals surface area contributed by atoms with Gasteiger partial charge in [-0.05, 0) is 36.5 Å². The van der Waals surface area contributed by atoms with Gasteiger partial charge in [-0.15, -0.1) is 0 Å². The number of benzene rings is 1. The highest BCUT2D eigenvalue weighted by atomic mass is 19.1. The number of halogens is 1. The Bertz CT molecular complexity index is 565. The summed E-state index contributed by atoms with van der Waals surface area (Å²) in [6, 6.07) is 6.43. The summed E-state index contributed by atoms with van der Waals surface area (Å²) in [6.45, 7) is 3.05. The highest BCUT2D eigenvalue weighted by Gasteiger charge is 2.27. The van der Waals surface area contributed by atoms with E-state index in [-0.39, 0.29) is 29.8 Å². The van der Waals surface area contributed by atoms with Crippen molar-refractivity contribution >= 4 is 12.0 Å². The molecule has 0 saturated carbocycles. The van der Waals surface area contributed by atoms with Crippen molar-refractivity contribution in [1.82, 2.24) is 10.2 Å². The van der Waals surface area contributed by atoms with E-state index in [0.29, 0.717) is 25.9 Å². The summed E-state index contributed by atoms with van der Waals surface area (Å²) in [6.07, 6.45) is 1.41. The summed E-state index contributed by atoms with van der Waals surface area (Å²) in [5.74, 6) is -0.173. The van der Waals surface area contributed by atoms with Gasteiger partial charge in [0.25, 0.3) is 0 Å². The number of methoxy groups -OCH3 is 1. The Hall–Kier alpha value is -2.11. The fourth-order valence-electron chi connectivity index (χ4n) is 2.91. The van der Waals surface area contributed by atoms with E-state index in [1.807, 2.05) is 13.0 Å². The van der Waals surface area contributed by atoms with Crippen molar-refractivity contribution in [2.24, 2.45) is 5.92 Å². The minimum atomic E-state index is -0.360. The van der Waals surface area contributed by atoms with Crippen molar-refractivity contribution in [2.45, 2.75) is 32.2 Å². The maximum absolute atomic E-state index is 13.2. The predicted molar refractivity (Wildman–Crippen MR) is 84.4 cm³/mol. The first kappa shape index (κ1) is 17.2. The Morgan fingerprint density at radius 2 is 2.26 bits per heavy atom. The standard InChI is InChI=1S/C17H23FN2O3/c1-12(8-13-4-3-5-14(18)10-13)9-16(21)19-15-6-7-20(11-15)17(22)23-2/h3-5,10,12,15H,6-9,11H2,1-2H3,(H,19,21)/t12-,15+/m0/s1. The largest absolute Gasteiger partial charge is 0.453 e. The molecule has 1 N–H and O–H groups in total. The third kappa shape index (κ3) is 5.23. The molecule has 126 valence electrons. The second-order valence-corrected chi connectivity index (χ2v) is 6.11. The number of likely N-dealkylation sites (tertiary alicyclic amines) is 1. The third-order valence-corrected chi connectivity index (χ3v) is 3.99. The molecule has 0 aliphatic carbocycles. The molecule has 0 radical (unpaired) electrons. The molecule has 1 heterocycles. The van der Waals surface area contributed by atoms with Crippen LogP contribution in [0.15, 0.2) is 24.3 Å². The first-order valence-corrected chi connectivity index (χ1v) is 7.84. The van der Waals surface area contributed by atoms with Gasteiger partial charge in [0.2, 0.25) is 5.91 Å². The molecular formula is C17H23FN2O3. The Balaban J connectivity index is 1.75. The number of ether oxygens (including phenoxy) is 1. The molecule has 1 saturated heterocycles. The monoisotopic (exact) mass is 322 g/mol. The molecule has 1 aliphatic rings. The van der Waals surface area contributed by atoms with Crippen LogP contribution in [0.3, 0.4) is 0 Å². The lowest BCUT2D eigenvalue weighted by molar-refractivity contribution is -0.122. The average Bonchev–Trinajstić information content (AvgIpc) is 2.94.